The van der Waals surface area contributed by atoms with Crippen LogP contribution in [0.1, 0.15) is 55.4 Å². The molecule has 1 saturated heterocycles. The Morgan fingerprint density at radius 1 is 1.16 bits per heavy atom. The van der Waals surface area contributed by atoms with E-state index in [2.05, 4.69) is 20.4 Å². The number of aromatic nitrogens is 2. The lowest BCUT2D eigenvalue weighted by Crippen LogP contribution is -2.48. The molecule has 1 saturated carbocycles. The zero-order valence-corrected chi connectivity index (χ0v) is 15.2. The van der Waals surface area contributed by atoms with Crippen molar-refractivity contribution in [1.29, 1.82) is 0 Å². The summed E-state index contributed by atoms with van der Waals surface area (Å²) in [5, 5.41) is 11.7. The Labute approximate surface area is 153 Å². The maximum absolute atomic E-state index is 12.6. The number of aromatic amines is 1. The molecular formula is C19H25ClN4O. The predicted octanol–water partition coefficient (Wildman–Crippen LogP) is 3.74. The summed E-state index contributed by atoms with van der Waals surface area (Å²) in [6.45, 7) is 2.17. The minimum atomic E-state index is -0.107. The number of carbonyl (C=O) groups is 1. The number of rotatable bonds is 3. The summed E-state index contributed by atoms with van der Waals surface area (Å²) in [5.74, 6) is -0.107. The monoisotopic (exact) mass is 360 g/mol. The fraction of sp³-hybridized carbons (Fsp3) is 0.579. The molecule has 2 aromatic rings. The van der Waals surface area contributed by atoms with Crippen LogP contribution < -0.4 is 5.32 Å². The molecular weight excluding hydrogens is 336 g/mol. The van der Waals surface area contributed by atoms with E-state index in [1.54, 1.807) is 12.1 Å². The van der Waals surface area contributed by atoms with Crippen molar-refractivity contribution in [2.24, 2.45) is 0 Å². The maximum Gasteiger partial charge on any atom is 0.272 e. The van der Waals surface area contributed by atoms with Gasteiger partial charge in [-0.1, -0.05) is 30.9 Å². The van der Waals surface area contributed by atoms with Gasteiger partial charge in [-0.15, -0.1) is 0 Å². The van der Waals surface area contributed by atoms with Crippen LogP contribution >= 0.6 is 11.6 Å². The zero-order valence-electron chi connectivity index (χ0n) is 14.4. The fourth-order valence-corrected chi connectivity index (χ4v) is 4.44. The molecule has 2 heterocycles. The van der Waals surface area contributed by atoms with E-state index in [0.29, 0.717) is 10.7 Å². The molecule has 5 nitrogen and oxygen atoms in total. The first-order valence-electron chi connectivity index (χ1n) is 9.39. The lowest BCUT2D eigenvalue weighted by molar-refractivity contribution is 0.0862. The lowest BCUT2D eigenvalue weighted by Gasteiger charge is -2.39. The SMILES string of the molecule is O=C(NC1CCN(C2CCCCC2)CC1)c1n[nH]c2ccc(Cl)cc12. The highest BCUT2D eigenvalue weighted by atomic mass is 35.5. The molecule has 1 aliphatic carbocycles. The van der Waals surface area contributed by atoms with Gasteiger partial charge in [-0.2, -0.15) is 5.10 Å². The number of hydrogen-bond acceptors (Lipinski definition) is 3. The highest BCUT2D eigenvalue weighted by molar-refractivity contribution is 6.31. The van der Waals surface area contributed by atoms with Crippen LogP contribution in [0.5, 0.6) is 0 Å². The third-order valence-electron chi connectivity index (χ3n) is 5.70. The number of likely N-dealkylation sites (tertiary alicyclic amines) is 1. The molecule has 25 heavy (non-hydrogen) atoms. The van der Waals surface area contributed by atoms with Gasteiger partial charge in [0.1, 0.15) is 0 Å². The van der Waals surface area contributed by atoms with Crippen LogP contribution in [0.15, 0.2) is 18.2 Å². The van der Waals surface area contributed by atoms with Crippen molar-refractivity contribution >= 4 is 28.4 Å². The van der Waals surface area contributed by atoms with Crippen LogP contribution in [-0.2, 0) is 0 Å². The van der Waals surface area contributed by atoms with Crippen molar-refractivity contribution in [3.63, 3.8) is 0 Å². The number of halogens is 1. The van der Waals surface area contributed by atoms with E-state index in [1.165, 1.54) is 32.1 Å². The summed E-state index contributed by atoms with van der Waals surface area (Å²) in [4.78, 5) is 15.3. The third kappa shape index (κ3) is 3.67. The molecule has 0 atom stereocenters. The Kier molecular flexibility index (Phi) is 4.95. The summed E-state index contributed by atoms with van der Waals surface area (Å²) >= 11 is 6.06. The van der Waals surface area contributed by atoms with E-state index >= 15 is 0 Å². The molecule has 0 unspecified atom stereocenters. The number of carbonyl (C=O) groups excluding carboxylic acids is 1. The quantitative estimate of drug-likeness (QED) is 0.876. The molecule has 0 radical (unpaired) electrons. The number of hydrogen-bond donors (Lipinski definition) is 2. The molecule has 2 fully saturated rings. The Balaban J connectivity index is 1.36. The normalized spacial score (nSPS) is 20.8. The molecule has 2 N–H and O–H groups in total. The Bertz CT molecular complexity index is 745. The number of benzene rings is 1. The van der Waals surface area contributed by atoms with Crippen LogP contribution in [0.25, 0.3) is 10.9 Å². The molecule has 2 aliphatic rings. The van der Waals surface area contributed by atoms with E-state index in [-0.39, 0.29) is 11.9 Å². The van der Waals surface area contributed by atoms with Crippen molar-refractivity contribution < 1.29 is 4.79 Å². The van der Waals surface area contributed by atoms with E-state index < -0.39 is 0 Å². The van der Waals surface area contributed by atoms with Crippen LogP contribution in [0, 0.1) is 0 Å². The summed E-state index contributed by atoms with van der Waals surface area (Å²) in [7, 11) is 0. The molecule has 1 aliphatic heterocycles. The predicted molar refractivity (Wildman–Crippen MR) is 100 cm³/mol. The van der Waals surface area contributed by atoms with Gasteiger partial charge in [0.2, 0.25) is 0 Å². The van der Waals surface area contributed by atoms with Gasteiger partial charge >= 0.3 is 0 Å². The van der Waals surface area contributed by atoms with Crippen molar-refractivity contribution in [3.8, 4) is 0 Å². The van der Waals surface area contributed by atoms with Crippen molar-refractivity contribution in [2.45, 2.75) is 57.0 Å². The number of nitrogens with zero attached hydrogens (tertiary/aromatic N) is 2. The summed E-state index contributed by atoms with van der Waals surface area (Å²) < 4.78 is 0. The number of amides is 1. The number of nitrogens with one attached hydrogen (secondary N) is 2. The second kappa shape index (κ2) is 7.34. The van der Waals surface area contributed by atoms with Crippen molar-refractivity contribution in [2.75, 3.05) is 13.1 Å². The lowest BCUT2D eigenvalue weighted by atomic mass is 9.92. The largest absolute Gasteiger partial charge is 0.348 e. The second-order valence-corrected chi connectivity index (χ2v) is 7.77. The van der Waals surface area contributed by atoms with Crippen LogP contribution in [0.2, 0.25) is 5.02 Å². The topological polar surface area (TPSA) is 61.0 Å². The highest BCUT2D eigenvalue weighted by Gasteiger charge is 2.27. The van der Waals surface area contributed by atoms with Gasteiger partial charge in [0.25, 0.3) is 5.91 Å². The average molecular weight is 361 g/mol. The minimum absolute atomic E-state index is 0.107. The highest BCUT2D eigenvalue weighted by Crippen LogP contribution is 2.26. The fourth-order valence-electron chi connectivity index (χ4n) is 4.27. The Hall–Kier alpha value is -1.59. The van der Waals surface area contributed by atoms with E-state index in [9.17, 15) is 4.79 Å². The molecule has 1 amide bonds. The summed E-state index contributed by atoms with van der Waals surface area (Å²) in [6, 6.07) is 6.44. The first-order chi connectivity index (χ1) is 12.2. The van der Waals surface area contributed by atoms with Crippen LogP contribution in [0.3, 0.4) is 0 Å². The number of piperidine rings is 1. The molecule has 1 aromatic carbocycles. The second-order valence-electron chi connectivity index (χ2n) is 7.34. The van der Waals surface area contributed by atoms with E-state index in [0.717, 1.165) is 42.9 Å². The average Bonchev–Trinajstić information content (AvgIpc) is 3.06. The van der Waals surface area contributed by atoms with Gasteiger partial charge in [-0.05, 0) is 43.9 Å². The van der Waals surface area contributed by atoms with Gasteiger partial charge in [0.15, 0.2) is 5.69 Å². The third-order valence-corrected chi connectivity index (χ3v) is 5.93. The van der Waals surface area contributed by atoms with Gasteiger partial charge in [0, 0.05) is 35.6 Å². The van der Waals surface area contributed by atoms with Crippen LogP contribution in [0.4, 0.5) is 0 Å². The zero-order chi connectivity index (χ0) is 17.2. The molecule has 0 spiro atoms. The van der Waals surface area contributed by atoms with Crippen molar-refractivity contribution in [1.82, 2.24) is 20.4 Å². The number of fused-ring (bicyclic) bond motifs is 1. The summed E-state index contributed by atoms with van der Waals surface area (Å²) in [5.41, 5.74) is 1.27. The Morgan fingerprint density at radius 2 is 1.92 bits per heavy atom. The van der Waals surface area contributed by atoms with Gasteiger partial charge in [0.05, 0.1) is 5.52 Å². The van der Waals surface area contributed by atoms with E-state index in [1.807, 2.05) is 6.07 Å². The molecule has 134 valence electrons. The molecule has 0 bridgehead atoms. The molecule has 4 rings (SSSR count). The first kappa shape index (κ1) is 16.9. The van der Waals surface area contributed by atoms with Gasteiger partial charge < -0.3 is 10.2 Å². The standard InChI is InChI=1S/C19H25ClN4O/c20-13-6-7-17-16(12-13)18(23-22-17)19(25)21-14-8-10-24(11-9-14)15-4-2-1-3-5-15/h6-7,12,14-15H,1-5,8-11H2,(H,21,25)(H,22,23). The smallest absolute Gasteiger partial charge is 0.272 e. The van der Waals surface area contributed by atoms with E-state index in [4.69, 9.17) is 11.6 Å². The molecule has 6 heteroatoms. The van der Waals surface area contributed by atoms with Gasteiger partial charge in [-0.25, -0.2) is 0 Å². The first-order valence-corrected chi connectivity index (χ1v) is 9.77. The van der Waals surface area contributed by atoms with Crippen molar-refractivity contribution in [3.05, 3.63) is 28.9 Å². The summed E-state index contributed by atoms with van der Waals surface area (Å²) in [6.07, 6.45) is 8.86. The Morgan fingerprint density at radius 3 is 2.68 bits per heavy atom. The van der Waals surface area contributed by atoms with Gasteiger partial charge in [-0.3, -0.25) is 9.89 Å². The minimum Gasteiger partial charge on any atom is -0.348 e. The number of H-pyrrole nitrogens is 1. The van der Waals surface area contributed by atoms with Crippen LogP contribution in [-0.4, -0.2) is 46.2 Å². The molecule has 1 aromatic heterocycles. The maximum atomic E-state index is 12.6.